The second kappa shape index (κ2) is 3.80. The summed E-state index contributed by atoms with van der Waals surface area (Å²) in [5.74, 6) is 0.632. The van der Waals surface area contributed by atoms with E-state index in [1.54, 1.807) is 0 Å². The minimum atomic E-state index is 0.566. The Morgan fingerprint density at radius 2 is 2.31 bits per heavy atom. The maximum absolute atomic E-state index is 5.96. The molecule has 16 heavy (non-hydrogen) atoms. The predicted octanol–water partition coefficient (Wildman–Crippen LogP) is 2.05. The van der Waals surface area contributed by atoms with Gasteiger partial charge in [0.05, 0.1) is 16.8 Å². The van der Waals surface area contributed by atoms with Crippen LogP contribution in [0.5, 0.6) is 0 Å². The van der Waals surface area contributed by atoms with E-state index in [4.69, 9.17) is 11.6 Å². The topological polar surface area (TPSA) is 67.3 Å². The van der Waals surface area contributed by atoms with E-state index in [-0.39, 0.29) is 0 Å². The fourth-order valence-corrected chi connectivity index (χ4v) is 2.44. The zero-order chi connectivity index (χ0) is 11.0. The molecular weight excluding hydrogens is 246 g/mol. The van der Waals surface area contributed by atoms with Gasteiger partial charge >= 0.3 is 0 Å². The molecule has 0 saturated carbocycles. The Bertz CT molecular complexity index is 618. The average Bonchev–Trinajstić information content (AvgIpc) is 2.90. The molecule has 2 heterocycles. The number of hydrogen-bond donors (Lipinski definition) is 1. The average molecular weight is 252 g/mol. The lowest BCUT2D eigenvalue weighted by molar-refractivity contribution is 0.881. The number of benzene rings is 1. The summed E-state index contributed by atoms with van der Waals surface area (Å²) >= 11 is 7.41. The molecule has 7 heteroatoms. The molecule has 0 spiro atoms. The summed E-state index contributed by atoms with van der Waals surface area (Å²) in [4.78, 5) is 0. The Morgan fingerprint density at radius 3 is 3.12 bits per heavy atom. The van der Waals surface area contributed by atoms with Crippen molar-refractivity contribution in [2.75, 3.05) is 0 Å². The Hall–Kier alpha value is -1.53. The van der Waals surface area contributed by atoms with E-state index in [1.165, 1.54) is 11.5 Å². The number of aromatic amines is 1. The van der Waals surface area contributed by atoms with Gasteiger partial charge in [-0.15, -0.1) is 10.2 Å². The summed E-state index contributed by atoms with van der Waals surface area (Å²) in [6.45, 7) is 0. The largest absolute Gasteiger partial charge is 0.196 e. The third kappa shape index (κ3) is 1.66. The van der Waals surface area contributed by atoms with E-state index in [2.05, 4.69) is 25.0 Å². The molecule has 0 aliphatic rings. The zero-order valence-electron chi connectivity index (χ0n) is 8.01. The lowest BCUT2D eigenvalue weighted by Gasteiger charge is -1.93. The number of aromatic nitrogens is 5. The molecule has 5 nitrogen and oxygen atoms in total. The van der Waals surface area contributed by atoms with E-state index >= 15 is 0 Å². The first-order chi connectivity index (χ1) is 7.83. The van der Waals surface area contributed by atoms with E-state index < -0.39 is 0 Å². The van der Waals surface area contributed by atoms with Crippen LogP contribution >= 0.6 is 23.1 Å². The highest BCUT2D eigenvalue weighted by atomic mass is 35.5. The second-order valence-corrected chi connectivity index (χ2v) is 4.52. The van der Waals surface area contributed by atoms with Gasteiger partial charge in [0.1, 0.15) is 0 Å². The van der Waals surface area contributed by atoms with E-state index in [1.807, 2.05) is 18.2 Å². The molecule has 0 fully saturated rings. The summed E-state index contributed by atoms with van der Waals surface area (Å²) in [6.07, 6.45) is 0.566. The van der Waals surface area contributed by atoms with Crippen LogP contribution in [0.4, 0.5) is 0 Å². The van der Waals surface area contributed by atoms with Crippen molar-refractivity contribution in [3.05, 3.63) is 34.7 Å². The van der Waals surface area contributed by atoms with Crippen molar-refractivity contribution in [3.8, 4) is 0 Å². The van der Waals surface area contributed by atoms with Gasteiger partial charge in [-0.05, 0) is 29.7 Å². The van der Waals surface area contributed by atoms with Crippen LogP contribution in [0, 0.1) is 0 Å². The second-order valence-electron chi connectivity index (χ2n) is 3.27. The first kappa shape index (κ1) is 9.68. The molecule has 0 radical (unpaired) electrons. The van der Waals surface area contributed by atoms with Gasteiger partial charge < -0.3 is 0 Å². The van der Waals surface area contributed by atoms with Crippen molar-refractivity contribution in [3.63, 3.8) is 0 Å². The predicted molar refractivity (Wildman–Crippen MR) is 61.6 cm³/mol. The summed E-state index contributed by atoms with van der Waals surface area (Å²) in [6, 6.07) is 5.74. The third-order valence-electron chi connectivity index (χ3n) is 2.22. The summed E-state index contributed by atoms with van der Waals surface area (Å²) in [7, 11) is 0. The Kier molecular flexibility index (Phi) is 2.30. The normalized spacial score (nSPS) is 11.1. The van der Waals surface area contributed by atoms with Crippen molar-refractivity contribution in [2.24, 2.45) is 0 Å². The van der Waals surface area contributed by atoms with Crippen molar-refractivity contribution in [1.82, 2.24) is 25.0 Å². The van der Waals surface area contributed by atoms with Crippen molar-refractivity contribution in [2.45, 2.75) is 6.42 Å². The van der Waals surface area contributed by atoms with Crippen LogP contribution in [-0.4, -0.2) is 25.0 Å². The molecule has 2 aromatic heterocycles. The zero-order valence-corrected chi connectivity index (χ0v) is 9.59. The Morgan fingerprint density at radius 1 is 1.38 bits per heavy atom. The minimum Gasteiger partial charge on any atom is -0.196 e. The van der Waals surface area contributed by atoms with Gasteiger partial charge in [-0.3, -0.25) is 0 Å². The molecule has 0 aliphatic heterocycles. The van der Waals surface area contributed by atoms with Crippen LogP contribution in [0.2, 0.25) is 5.02 Å². The third-order valence-corrected chi connectivity index (χ3v) is 3.32. The summed E-state index contributed by atoms with van der Waals surface area (Å²) < 4.78 is 5.49. The van der Waals surface area contributed by atoms with Gasteiger partial charge in [0.15, 0.2) is 5.82 Å². The number of nitrogens with one attached hydrogen (secondary N) is 1. The van der Waals surface area contributed by atoms with Gasteiger partial charge in [-0.25, -0.2) is 0 Å². The molecule has 0 aliphatic carbocycles. The first-order valence-electron chi connectivity index (χ1n) is 4.59. The smallest absolute Gasteiger partial charge is 0.180 e. The van der Waals surface area contributed by atoms with Crippen molar-refractivity contribution < 1.29 is 0 Å². The number of rotatable bonds is 2. The number of fused-ring (bicyclic) bond motifs is 1. The fraction of sp³-hybridized carbons (Fsp3) is 0.111. The monoisotopic (exact) mass is 251 g/mol. The van der Waals surface area contributed by atoms with Crippen molar-refractivity contribution in [1.29, 1.82) is 0 Å². The molecule has 1 aromatic carbocycles. The van der Waals surface area contributed by atoms with E-state index in [0.717, 1.165) is 15.8 Å². The molecule has 3 rings (SSSR count). The number of tetrazole rings is 1. The molecule has 80 valence electrons. The number of H-pyrrole nitrogens is 1. The lowest BCUT2D eigenvalue weighted by atomic mass is 10.2. The fourth-order valence-electron chi connectivity index (χ4n) is 1.50. The molecule has 0 atom stereocenters. The van der Waals surface area contributed by atoms with Gasteiger partial charge in [-0.1, -0.05) is 16.8 Å². The van der Waals surface area contributed by atoms with Gasteiger partial charge in [-0.2, -0.15) is 9.59 Å². The molecule has 0 amide bonds. The van der Waals surface area contributed by atoms with E-state index in [9.17, 15) is 0 Å². The number of nitrogens with zero attached hydrogens (tertiary/aromatic N) is 4. The van der Waals surface area contributed by atoms with Crippen LogP contribution in [0.3, 0.4) is 0 Å². The molecule has 0 bridgehead atoms. The summed E-state index contributed by atoms with van der Waals surface area (Å²) in [5.41, 5.74) is 0.934. The number of hydrogen-bond acceptors (Lipinski definition) is 5. The summed E-state index contributed by atoms with van der Waals surface area (Å²) in [5, 5.41) is 15.5. The first-order valence-corrected chi connectivity index (χ1v) is 5.74. The minimum absolute atomic E-state index is 0.566. The number of halogens is 1. The molecular formula is C9H6ClN5S. The lowest BCUT2D eigenvalue weighted by Crippen LogP contribution is -1.91. The van der Waals surface area contributed by atoms with Crippen LogP contribution in [0.1, 0.15) is 11.5 Å². The van der Waals surface area contributed by atoms with Crippen molar-refractivity contribution >= 4 is 33.2 Å². The highest BCUT2D eigenvalue weighted by Crippen LogP contribution is 2.26. The van der Waals surface area contributed by atoms with Gasteiger partial charge in [0.2, 0.25) is 0 Å². The molecule has 1 N–H and O–H groups in total. The van der Waals surface area contributed by atoms with Crippen LogP contribution < -0.4 is 0 Å². The quantitative estimate of drug-likeness (QED) is 0.757. The SMILES string of the molecule is Clc1ccc2snc(Cc3nn[nH]n3)c2c1. The Labute approximate surface area is 99.6 Å². The maximum atomic E-state index is 5.96. The van der Waals surface area contributed by atoms with Crippen LogP contribution in [-0.2, 0) is 6.42 Å². The Balaban J connectivity index is 2.07. The molecule has 0 unspecified atom stereocenters. The van der Waals surface area contributed by atoms with E-state index in [0.29, 0.717) is 17.3 Å². The van der Waals surface area contributed by atoms with Crippen LogP contribution in [0.25, 0.3) is 10.1 Å². The molecule has 3 aromatic rings. The molecule has 0 saturated heterocycles. The van der Waals surface area contributed by atoms with Gasteiger partial charge in [0.25, 0.3) is 0 Å². The highest BCUT2D eigenvalue weighted by Gasteiger charge is 2.09. The maximum Gasteiger partial charge on any atom is 0.180 e. The standard InChI is InChI=1S/C9H6ClN5S/c10-5-1-2-8-6(3-5)7(13-16-8)4-9-11-14-15-12-9/h1-3H,4H2,(H,11,12,14,15). The van der Waals surface area contributed by atoms with Gasteiger partial charge in [0, 0.05) is 10.4 Å². The highest BCUT2D eigenvalue weighted by molar-refractivity contribution is 7.13. The van der Waals surface area contributed by atoms with Crippen LogP contribution in [0.15, 0.2) is 18.2 Å².